The van der Waals surface area contributed by atoms with Gasteiger partial charge in [0.25, 0.3) is 5.91 Å². The second kappa shape index (κ2) is 9.00. The third kappa shape index (κ3) is 4.60. The first-order valence-corrected chi connectivity index (χ1v) is 12.3. The van der Waals surface area contributed by atoms with Crippen LogP contribution < -0.4 is 14.5 Å². The van der Waals surface area contributed by atoms with Gasteiger partial charge in [-0.15, -0.1) is 0 Å². The molecule has 0 radical (unpaired) electrons. The van der Waals surface area contributed by atoms with Crippen molar-refractivity contribution in [3.05, 3.63) is 71.3 Å². The summed E-state index contributed by atoms with van der Waals surface area (Å²) in [5.41, 5.74) is 6.38. The Morgan fingerprint density at radius 1 is 1.09 bits per heavy atom. The zero-order chi connectivity index (χ0) is 22.7. The van der Waals surface area contributed by atoms with E-state index in [4.69, 9.17) is 4.74 Å². The maximum atomic E-state index is 12.5. The predicted molar refractivity (Wildman–Crippen MR) is 127 cm³/mol. The van der Waals surface area contributed by atoms with Gasteiger partial charge in [-0.25, -0.2) is 13.8 Å². The molecule has 4 rings (SSSR count). The van der Waals surface area contributed by atoms with E-state index >= 15 is 0 Å². The number of hydrogen-bond acceptors (Lipinski definition) is 5. The van der Waals surface area contributed by atoms with E-state index in [0.29, 0.717) is 18.0 Å². The van der Waals surface area contributed by atoms with Gasteiger partial charge >= 0.3 is 0 Å². The number of nitrogens with zero attached hydrogens (tertiary/aromatic N) is 2. The number of rotatable bonds is 8. The van der Waals surface area contributed by atoms with Gasteiger partial charge in [-0.2, -0.15) is 5.10 Å². The van der Waals surface area contributed by atoms with Crippen LogP contribution in [0.15, 0.2) is 59.7 Å². The van der Waals surface area contributed by atoms with Crippen LogP contribution in [-0.4, -0.2) is 39.9 Å². The number of hydrazone groups is 1. The quantitative estimate of drug-likeness (QED) is 0.421. The molecule has 1 aliphatic carbocycles. The fraction of sp³-hybridized carbons (Fsp3) is 0.250. The van der Waals surface area contributed by atoms with Crippen molar-refractivity contribution in [2.24, 2.45) is 5.10 Å². The minimum atomic E-state index is -3.67. The Morgan fingerprint density at radius 3 is 2.50 bits per heavy atom. The van der Waals surface area contributed by atoms with Crippen molar-refractivity contribution in [2.75, 3.05) is 23.7 Å². The number of carbonyl (C=O) groups excluding carboxylic acids is 1. The zero-order valence-electron chi connectivity index (χ0n) is 18.0. The maximum Gasteiger partial charge on any atom is 0.260 e. The molecule has 8 heteroatoms. The molecule has 0 spiro atoms. The topological polar surface area (TPSA) is 88.1 Å². The molecule has 1 amide bonds. The van der Waals surface area contributed by atoms with Crippen LogP contribution in [0.4, 0.5) is 5.69 Å². The average molecular weight is 452 g/mol. The van der Waals surface area contributed by atoms with E-state index in [9.17, 15) is 13.2 Å². The fourth-order valence-corrected chi connectivity index (χ4v) is 4.85. The number of aryl methyl sites for hydroxylation is 2. The lowest BCUT2D eigenvalue weighted by Gasteiger charge is -2.21. The third-order valence-electron chi connectivity index (χ3n) is 5.43. The Balaban J connectivity index is 1.48. The maximum absolute atomic E-state index is 12.5. The number of sulfonamides is 1. The van der Waals surface area contributed by atoms with Crippen molar-refractivity contribution < 1.29 is 17.9 Å². The monoisotopic (exact) mass is 451 g/mol. The van der Waals surface area contributed by atoms with E-state index in [1.54, 1.807) is 30.5 Å². The molecule has 0 bridgehead atoms. The average Bonchev–Trinajstić information content (AvgIpc) is 3.19. The second-order valence-electron chi connectivity index (χ2n) is 7.64. The van der Waals surface area contributed by atoms with Crippen LogP contribution in [0.5, 0.6) is 5.75 Å². The molecule has 7 nitrogen and oxygen atoms in total. The summed E-state index contributed by atoms with van der Waals surface area (Å²) < 4.78 is 31.0. The number of carbonyl (C=O) groups is 1. The lowest BCUT2D eigenvalue weighted by molar-refractivity contribution is -0.119. The van der Waals surface area contributed by atoms with Crippen LogP contribution in [0.2, 0.25) is 0 Å². The number of nitrogens with one attached hydrogen (secondary N) is 1. The lowest BCUT2D eigenvalue weighted by atomic mass is 10.0. The highest BCUT2D eigenvalue weighted by molar-refractivity contribution is 7.92. The Morgan fingerprint density at radius 2 is 1.81 bits per heavy atom. The number of anilines is 1. The van der Waals surface area contributed by atoms with Gasteiger partial charge in [0, 0.05) is 5.56 Å². The number of amides is 1. The van der Waals surface area contributed by atoms with E-state index in [2.05, 4.69) is 22.7 Å². The third-order valence-corrected chi connectivity index (χ3v) is 6.57. The normalized spacial score (nSPS) is 12.9. The zero-order valence-corrected chi connectivity index (χ0v) is 18.9. The van der Waals surface area contributed by atoms with Crippen molar-refractivity contribution in [2.45, 2.75) is 19.8 Å². The summed E-state index contributed by atoms with van der Waals surface area (Å²) in [5.74, 6) is 0.0932. The summed E-state index contributed by atoms with van der Waals surface area (Å²) in [6.45, 7) is 1.99. The van der Waals surface area contributed by atoms with Crippen LogP contribution in [-0.2, 0) is 27.7 Å². The van der Waals surface area contributed by atoms with Gasteiger partial charge < -0.3 is 4.74 Å². The fourth-order valence-electron chi connectivity index (χ4n) is 4.00. The van der Waals surface area contributed by atoms with Crippen LogP contribution >= 0.6 is 0 Å². The summed E-state index contributed by atoms with van der Waals surface area (Å²) in [6.07, 6.45) is 4.74. The predicted octanol–water partition coefficient (Wildman–Crippen LogP) is 3.25. The van der Waals surface area contributed by atoms with Gasteiger partial charge in [0.15, 0.2) is 0 Å². The van der Waals surface area contributed by atoms with Crippen molar-refractivity contribution in [1.29, 1.82) is 0 Å². The molecule has 0 fully saturated rings. The van der Waals surface area contributed by atoms with Crippen LogP contribution in [0.3, 0.4) is 0 Å². The SMILES string of the molecule is CCOc1ccc(N(CC(=O)N/N=C\c2ccc3c4c(cccc24)CC3)S(C)(=O)=O)cc1. The first-order chi connectivity index (χ1) is 15.4. The van der Waals surface area contributed by atoms with Gasteiger partial charge in [0.2, 0.25) is 10.0 Å². The number of benzene rings is 3. The highest BCUT2D eigenvalue weighted by Crippen LogP contribution is 2.32. The van der Waals surface area contributed by atoms with Crippen LogP contribution in [0.1, 0.15) is 23.6 Å². The molecular formula is C24H25N3O4S. The second-order valence-corrected chi connectivity index (χ2v) is 9.55. The largest absolute Gasteiger partial charge is 0.494 e. The van der Waals surface area contributed by atoms with E-state index in [-0.39, 0.29) is 6.54 Å². The molecule has 166 valence electrons. The molecule has 1 aliphatic rings. The van der Waals surface area contributed by atoms with E-state index in [1.807, 2.05) is 25.1 Å². The summed E-state index contributed by atoms with van der Waals surface area (Å²) >= 11 is 0. The molecule has 0 unspecified atom stereocenters. The smallest absolute Gasteiger partial charge is 0.260 e. The molecule has 3 aromatic carbocycles. The van der Waals surface area contributed by atoms with Gasteiger partial charge in [0.05, 0.1) is 24.8 Å². The van der Waals surface area contributed by atoms with Crippen molar-refractivity contribution in [1.82, 2.24) is 5.43 Å². The number of ether oxygens (including phenoxy) is 1. The Kier molecular flexibility index (Phi) is 6.14. The summed E-state index contributed by atoms with van der Waals surface area (Å²) in [7, 11) is -3.67. The molecule has 1 N–H and O–H groups in total. The first kappa shape index (κ1) is 21.8. The van der Waals surface area contributed by atoms with Crippen molar-refractivity contribution in [3.63, 3.8) is 0 Å². The van der Waals surface area contributed by atoms with Crippen LogP contribution in [0.25, 0.3) is 10.8 Å². The summed E-state index contributed by atoms with van der Waals surface area (Å²) in [4.78, 5) is 12.5. The first-order valence-electron chi connectivity index (χ1n) is 10.4. The molecule has 0 aromatic heterocycles. The van der Waals surface area contributed by atoms with E-state index in [0.717, 1.165) is 34.4 Å². The molecule has 0 saturated carbocycles. The van der Waals surface area contributed by atoms with Gasteiger partial charge in [-0.05, 0) is 65.9 Å². The number of hydrogen-bond donors (Lipinski definition) is 1. The van der Waals surface area contributed by atoms with E-state index < -0.39 is 15.9 Å². The Hall–Kier alpha value is -3.39. The molecule has 0 atom stereocenters. The summed E-state index contributed by atoms with van der Waals surface area (Å²) in [6, 6.07) is 16.9. The Bertz CT molecular complexity index is 1270. The molecule has 0 aliphatic heterocycles. The van der Waals surface area contributed by atoms with Crippen molar-refractivity contribution >= 4 is 38.6 Å². The van der Waals surface area contributed by atoms with Gasteiger partial charge in [-0.3, -0.25) is 9.10 Å². The molecule has 3 aromatic rings. The van der Waals surface area contributed by atoms with Gasteiger partial charge in [-0.1, -0.05) is 30.3 Å². The van der Waals surface area contributed by atoms with E-state index in [1.165, 1.54) is 16.5 Å². The molecule has 0 heterocycles. The van der Waals surface area contributed by atoms with Crippen molar-refractivity contribution in [3.8, 4) is 5.75 Å². The standard InChI is InChI=1S/C24H25N3O4S/c1-3-31-21-13-11-20(12-14-21)27(32(2,29)30)16-23(28)26-25-15-19-10-9-18-8-7-17-5-4-6-22(19)24(17)18/h4-6,9-15H,3,7-8,16H2,1-2H3,(H,26,28)/b25-15-. The molecular weight excluding hydrogens is 426 g/mol. The summed E-state index contributed by atoms with van der Waals surface area (Å²) in [5, 5.41) is 6.44. The minimum Gasteiger partial charge on any atom is -0.494 e. The minimum absolute atomic E-state index is 0.377. The van der Waals surface area contributed by atoms with Gasteiger partial charge in [0.1, 0.15) is 12.3 Å². The molecule has 0 saturated heterocycles. The Labute approximate surface area is 187 Å². The molecule has 32 heavy (non-hydrogen) atoms. The highest BCUT2D eigenvalue weighted by atomic mass is 32.2. The van der Waals surface area contributed by atoms with Crippen LogP contribution in [0, 0.1) is 0 Å². The highest BCUT2D eigenvalue weighted by Gasteiger charge is 2.21. The lowest BCUT2D eigenvalue weighted by Crippen LogP contribution is -2.39.